The maximum Gasteiger partial charge on any atom is 0.0587 e. The summed E-state index contributed by atoms with van der Waals surface area (Å²) < 4.78 is 0. The van der Waals surface area contributed by atoms with E-state index in [1.54, 1.807) is 0 Å². The van der Waals surface area contributed by atoms with Gasteiger partial charge in [-0.3, -0.25) is 0 Å². The van der Waals surface area contributed by atoms with Gasteiger partial charge in [0.05, 0.1) is 6.61 Å². The second kappa shape index (κ2) is 3.95. The number of benzene rings is 1. The van der Waals surface area contributed by atoms with Crippen molar-refractivity contribution in [3.05, 3.63) is 41.5 Å². The van der Waals surface area contributed by atoms with E-state index in [0.717, 1.165) is 18.5 Å². The summed E-state index contributed by atoms with van der Waals surface area (Å²) in [7, 11) is 0. The van der Waals surface area contributed by atoms with E-state index >= 15 is 0 Å². The Balaban J connectivity index is 2.27. The Kier molecular flexibility index (Phi) is 2.66. The molecule has 2 rings (SSSR count). The van der Waals surface area contributed by atoms with E-state index in [9.17, 15) is 0 Å². The zero-order chi connectivity index (χ0) is 9.97. The summed E-state index contributed by atoms with van der Waals surface area (Å²) in [4.78, 5) is 0. The molecule has 14 heavy (non-hydrogen) atoms. The number of fused-ring (bicyclic) bond motifs is 1. The summed E-state index contributed by atoms with van der Waals surface area (Å²) in [5.74, 6) is 0. The minimum atomic E-state index is 0.211. The van der Waals surface area contributed by atoms with Crippen LogP contribution in [-0.4, -0.2) is 17.8 Å². The van der Waals surface area contributed by atoms with Gasteiger partial charge in [-0.2, -0.15) is 0 Å². The van der Waals surface area contributed by atoms with Gasteiger partial charge in [-0.15, -0.1) is 0 Å². The van der Waals surface area contributed by atoms with Gasteiger partial charge >= 0.3 is 0 Å². The van der Waals surface area contributed by atoms with Crippen LogP contribution in [0.1, 0.15) is 16.7 Å². The molecule has 1 aliphatic heterocycles. The zero-order valence-electron chi connectivity index (χ0n) is 8.16. The Morgan fingerprint density at radius 3 is 3.07 bits per heavy atom. The number of hydrogen-bond donors (Lipinski definition) is 2. The molecule has 0 saturated carbocycles. The molecule has 0 fully saturated rings. The molecule has 1 atom stereocenters. The quantitative estimate of drug-likeness (QED) is 0.735. The monoisotopic (exact) mass is 189 g/mol. The lowest BCUT2D eigenvalue weighted by Gasteiger charge is -2.24. The predicted octanol–water partition coefficient (Wildman–Crippen LogP) is 1.34. The highest BCUT2D eigenvalue weighted by molar-refractivity contribution is 5.50. The van der Waals surface area contributed by atoms with E-state index in [-0.39, 0.29) is 12.6 Å². The van der Waals surface area contributed by atoms with Crippen molar-refractivity contribution in [3.8, 4) is 0 Å². The third kappa shape index (κ3) is 1.72. The first-order valence-electron chi connectivity index (χ1n) is 4.92. The van der Waals surface area contributed by atoms with Crippen molar-refractivity contribution in [1.82, 2.24) is 5.32 Å². The van der Waals surface area contributed by atoms with Gasteiger partial charge in [-0.05, 0) is 23.1 Å². The Morgan fingerprint density at radius 2 is 2.36 bits per heavy atom. The third-order valence-electron chi connectivity index (χ3n) is 2.73. The standard InChI is InChI=1S/C12H15NO/c1-2-9-3-4-10-6-12(8-14)13-7-11(10)5-9/h2-5,12-14H,1,6-8H2. The third-order valence-corrected chi connectivity index (χ3v) is 2.73. The lowest BCUT2D eigenvalue weighted by molar-refractivity contribution is 0.236. The van der Waals surface area contributed by atoms with Crippen LogP contribution < -0.4 is 5.32 Å². The van der Waals surface area contributed by atoms with Crippen LogP contribution in [0.5, 0.6) is 0 Å². The maximum absolute atomic E-state index is 9.04. The largest absolute Gasteiger partial charge is 0.395 e. The van der Waals surface area contributed by atoms with Crippen molar-refractivity contribution < 1.29 is 5.11 Å². The minimum Gasteiger partial charge on any atom is -0.395 e. The molecule has 0 spiro atoms. The molecule has 2 nitrogen and oxygen atoms in total. The van der Waals surface area contributed by atoms with Gasteiger partial charge in [0.2, 0.25) is 0 Å². The fraction of sp³-hybridized carbons (Fsp3) is 0.333. The second-order valence-corrected chi connectivity index (χ2v) is 3.70. The Morgan fingerprint density at radius 1 is 1.50 bits per heavy atom. The lowest BCUT2D eigenvalue weighted by Crippen LogP contribution is -2.38. The molecule has 2 heteroatoms. The molecule has 0 aliphatic carbocycles. The summed E-state index contributed by atoms with van der Waals surface area (Å²) in [6.45, 7) is 4.81. The molecule has 0 saturated heterocycles. The van der Waals surface area contributed by atoms with Gasteiger partial charge < -0.3 is 10.4 Å². The van der Waals surface area contributed by atoms with Crippen LogP contribution in [0.4, 0.5) is 0 Å². The van der Waals surface area contributed by atoms with Gasteiger partial charge in [0, 0.05) is 12.6 Å². The van der Waals surface area contributed by atoms with Crippen molar-refractivity contribution in [1.29, 1.82) is 0 Å². The van der Waals surface area contributed by atoms with Crippen LogP contribution in [0.3, 0.4) is 0 Å². The van der Waals surface area contributed by atoms with Crippen molar-refractivity contribution >= 4 is 6.08 Å². The SMILES string of the molecule is C=Cc1ccc2c(c1)CNC(CO)C2. The van der Waals surface area contributed by atoms with Crippen LogP contribution in [0.25, 0.3) is 6.08 Å². The highest BCUT2D eigenvalue weighted by Crippen LogP contribution is 2.18. The van der Waals surface area contributed by atoms with Crippen LogP contribution >= 0.6 is 0 Å². The minimum absolute atomic E-state index is 0.211. The first kappa shape index (κ1) is 9.44. The molecule has 1 heterocycles. The number of rotatable bonds is 2. The van der Waals surface area contributed by atoms with Crippen LogP contribution in [0.2, 0.25) is 0 Å². The second-order valence-electron chi connectivity index (χ2n) is 3.70. The van der Waals surface area contributed by atoms with Crippen LogP contribution in [0, 0.1) is 0 Å². The Labute approximate surface area is 84.3 Å². The number of aliphatic hydroxyl groups excluding tert-OH is 1. The summed E-state index contributed by atoms with van der Waals surface area (Å²) in [6.07, 6.45) is 2.78. The number of nitrogens with one attached hydrogen (secondary N) is 1. The van der Waals surface area contributed by atoms with Gasteiger partial charge in [0.25, 0.3) is 0 Å². The van der Waals surface area contributed by atoms with Gasteiger partial charge in [-0.1, -0.05) is 30.9 Å². The fourth-order valence-corrected chi connectivity index (χ4v) is 1.86. The number of aliphatic hydroxyl groups is 1. The zero-order valence-corrected chi connectivity index (χ0v) is 8.16. The van der Waals surface area contributed by atoms with Crippen LogP contribution in [0.15, 0.2) is 24.8 Å². The molecule has 0 aromatic heterocycles. The molecule has 0 amide bonds. The van der Waals surface area contributed by atoms with Crippen molar-refractivity contribution in [2.45, 2.75) is 19.0 Å². The molecule has 1 aromatic carbocycles. The average molecular weight is 189 g/mol. The first-order chi connectivity index (χ1) is 6.83. The normalized spacial score (nSPS) is 20.2. The van der Waals surface area contributed by atoms with E-state index in [4.69, 9.17) is 5.11 Å². The molecular weight excluding hydrogens is 174 g/mol. The molecule has 1 aliphatic rings. The Bertz CT molecular complexity index is 346. The predicted molar refractivity (Wildman–Crippen MR) is 58.0 cm³/mol. The van der Waals surface area contributed by atoms with E-state index in [0.29, 0.717) is 0 Å². The molecular formula is C12H15NO. The van der Waals surface area contributed by atoms with Gasteiger partial charge in [0.15, 0.2) is 0 Å². The van der Waals surface area contributed by atoms with Crippen molar-refractivity contribution in [2.24, 2.45) is 0 Å². The topological polar surface area (TPSA) is 32.3 Å². The average Bonchev–Trinajstić information content (AvgIpc) is 2.27. The molecule has 74 valence electrons. The smallest absolute Gasteiger partial charge is 0.0587 e. The summed E-state index contributed by atoms with van der Waals surface area (Å²) in [6, 6.07) is 6.58. The summed E-state index contributed by atoms with van der Waals surface area (Å²) in [5, 5.41) is 12.3. The van der Waals surface area contributed by atoms with Crippen molar-refractivity contribution in [3.63, 3.8) is 0 Å². The summed E-state index contributed by atoms with van der Waals surface area (Å²) >= 11 is 0. The highest BCUT2D eigenvalue weighted by atomic mass is 16.3. The van der Waals surface area contributed by atoms with E-state index in [1.165, 1.54) is 11.1 Å². The summed E-state index contributed by atoms with van der Waals surface area (Å²) in [5.41, 5.74) is 3.83. The molecule has 2 N–H and O–H groups in total. The Hall–Kier alpha value is -1.12. The fourth-order valence-electron chi connectivity index (χ4n) is 1.86. The number of hydrogen-bond acceptors (Lipinski definition) is 2. The van der Waals surface area contributed by atoms with Gasteiger partial charge in [0.1, 0.15) is 0 Å². The molecule has 1 unspecified atom stereocenters. The highest BCUT2D eigenvalue weighted by Gasteiger charge is 2.16. The molecule has 0 bridgehead atoms. The van der Waals surface area contributed by atoms with Crippen LogP contribution in [-0.2, 0) is 13.0 Å². The van der Waals surface area contributed by atoms with E-state index in [1.807, 2.05) is 6.08 Å². The first-order valence-corrected chi connectivity index (χ1v) is 4.92. The van der Waals surface area contributed by atoms with Crippen molar-refractivity contribution in [2.75, 3.05) is 6.61 Å². The maximum atomic E-state index is 9.04. The molecule has 0 radical (unpaired) electrons. The molecule has 1 aromatic rings. The van der Waals surface area contributed by atoms with Gasteiger partial charge in [-0.25, -0.2) is 0 Å². The lowest BCUT2D eigenvalue weighted by atomic mass is 9.94. The van der Waals surface area contributed by atoms with E-state index < -0.39 is 0 Å². The van der Waals surface area contributed by atoms with E-state index in [2.05, 4.69) is 30.1 Å².